The summed E-state index contributed by atoms with van der Waals surface area (Å²) in [5.41, 5.74) is 2.21. The number of esters is 1. The molecule has 0 radical (unpaired) electrons. The van der Waals surface area contributed by atoms with Gasteiger partial charge in [-0.25, -0.2) is 9.64 Å². The summed E-state index contributed by atoms with van der Waals surface area (Å²) in [6.45, 7) is 15.8. The van der Waals surface area contributed by atoms with Crippen molar-refractivity contribution >= 4 is 17.2 Å². The SMILES string of the molecule is [C-]#[N+]C(=C(C#N)c1ccc(OCC)cc1)c1ccc(OCCCOC(=O)C(=C)C)cc1. The molecule has 0 unspecified atom stereocenters. The molecule has 0 saturated carbocycles. The number of allylic oxidation sites excluding steroid dienone is 1. The van der Waals surface area contributed by atoms with Crippen molar-refractivity contribution in [1.29, 1.82) is 5.26 Å². The van der Waals surface area contributed by atoms with E-state index in [2.05, 4.69) is 17.5 Å². The minimum absolute atomic E-state index is 0.252. The molecule has 0 amide bonds. The second kappa shape index (κ2) is 11.8. The molecular weight excluding hydrogens is 392 g/mol. The van der Waals surface area contributed by atoms with Gasteiger partial charge >= 0.3 is 5.97 Å². The molecule has 0 aliphatic rings. The van der Waals surface area contributed by atoms with E-state index in [-0.39, 0.29) is 12.3 Å². The van der Waals surface area contributed by atoms with Crippen LogP contribution in [0.5, 0.6) is 11.5 Å². The predicted octanol–water partition coefficient (Wildman–Crippen LogP) is 5.28. The highest BCUT2D eigenvalue weighted by atomic mass is 16.5. The monoisotopic (exact) mass is 416 g/mol. The Morgan fingerprint density at radius 1 is 1.03 bits per heavy atom. The third kappa shape index (κ3) is 6.76. The summed E-state index contributed by atoms with van der Waals surface area (Å²) in [4.78, 5) is 14.9. The molecule has 31 heavy (non-hydrogen) atoms. The van der Waals surface area contributed by atoms with Gasteiger partial charge in [0.15, 0.2) is 0 Å². The Labute approximate surface area is 182 Å². The standard InChI is InChI=1S/C25H24N2O4/c1-5-29-21-11-7-19(8-12-21)23(17-26)24(27-4)20-9-13-22(14-10-20)30-15-6-16-31-25(28)18(2)3/h7-14H,2,5-6,15-16H2,1,3H3. The van der Waals surface area contributed by atoms with Crippen LogP contribution < -0.4 is 9.47 Å². The first-order valence-corrected chi connectivity index (χ1v) is 9.81. The third-order valence-electron chi connectivity index (χ3n) is 4.18. The quantitative estimate of drug-likeness (QED) is 0.131. The number of carbonyl (C=O) groups is 1. The largest absolute Gasteiger partial charge is 0.494 e. The Morgan fingerprint density at radius 2 is 1.61 bits per heavy atom. The Hall–Kier alpha value is -4.03. The smallest absolute Gasteiger partial charge is 0.333 e. The Balaban J connectivity index is 2.06. The van der Waals surface area contributed by atoms with Crippen molar-refractivity contribution in [2.24, 2.45) is 0 Å². The maximum absolute atomic E-state index is 11.3. The van der Waals surface area contributed by atoms with Crippen LogP contribution in [-0.4, -0.2) is 25.8 Å². The minimum atomic E-state index is -0.413. The molecule has 2 rings (SSSR count). The summed E-state index contributed by atoms with van der Waals surface area (Å²) in [6, 6.07) is 16.2. The molecule has 0 heterocycles. The molecule has 0 atom stereocenters. The highest BCUT2D eigenvalue weighted by Crippen LogP contribution is 2.29. The number of ether oxygens (including phenoxy) is 3. The Morgan fingerprint density at radius 3 is 2.13 bits per heavy atom. The molecule has 6 heteroatoms. The Kier molecular flexibility index (Phi) is 8.89. The summed E-state index contributed by atoms with van der Waals surface area (Å²) >= 11 is 0. The van der Waals surface area contributed by atoms with E-state index in [0.29, 0.717) is 53.4 Å². The first kappa shape index (κ1) is 23.3. The normalized spacial score (nSPS) is 10.8. The molecule has 0 N–H and O–H groups in total. The summed E-state index contributed by atoms with van der Waals surface area (Å²) in [5.74, 6) is 0.923. The van der Waals surface area contributed by atoms with Gasteiger partial charge in [0.05, 0.1) is 38.0 Å². The lowest BCUT2D eigenvalue weighted by Crippen LogP contribution is -2.09. The fourth-order valence-corrected chi connectivity index (χ4v) is 2.65. The number of nitriles is 1. The highest BCUT2D eigenvalue weighted by molar-refractivity contribution is 5.99. The lowest BCUT2D eigenvalue weighted by atomic mass is 10.0. The molecule has 0 aliphatic heterocycles. The molecule has 0 fully saturated rings. The van der Waals surface area contributed by atoms with Gasteiger partial charge in [-0.15, -0.1) is 0 Å². The highest BCUT2D eigenvalue weighted by Gasteiger charge is 2.12. The van der Waals surface area contributed by atoms with Gasteiger partial charge in [-0.1, -0.05) is 30.8 Å². The molecular formula is C25H24N2O4. The number of hydrogen-bond acceptors (Lipinski definition) is 5. The van der Waals surface area contributed by atoms with E-state index in [1.807, 2.05) is 6.92 Å². The number of rotatable bonds is 10. The van der Waals surface area contributed by atoms with E-state index < -0.39 is 5.97 Å². The lowest BCUT2D eigenvalue weighted by Gasteiger charge is -2.09. The fraction of sp³-hybridized carbons (Fsp3) is 0.240. The molecule has 2 aromatic carbocycles. The van der Waals surface area contributed by atoms with Crippen LogP contribution in [0.3, 0.4) is 0 Å². The molecule has 0 aliphatic carbocycles. The van der Waals surface area contributed by atoms with Crippen molar-refractivity contribution in [3.8, 4) is 17.6 Å². The van der Waals surface area contributed by atoms with E-state index >= 15 is 0 Å². The summed E-state index contributed by atoms with van der Waals surface area (Å²) in [6.07, 6.45) is 0.546. The van der Waals surface area contributed by atoms with Crippen molar-refractivity contribution in [2.45, 2.75) is 20.3 Å². The molecule has 0 spiro atoms. The van der Waals surface area contributed by atoms with Crippen LogP contribution in [0, 0.1) is 17.9 Å². The summed E-state index contributed by atoms with van der Waals surface area (Å²) in [5, 5.41) is 9.66. The van der Waals surface area contributed by atoms with E-state index in [1.54, 1.807) is 55.5 Å². The topological polar surface area (TPSA) is 72.9 Å². The van der Waals surface area contributed by atoms with Crippen molar-refractivity contribution in [3.63, 3.8) is 0 Å². The van der Waals surface area contributed by atoms with Crippen molar-refractivity contribution < 1.29 is 19.0 Å². The number of benzene rings is 2. The van der Waals surface area contributed by atoms with Gasteiger partial charge in [-0.2, -0.15) is 5.26 Å². The van der Waals surface area contributed by atoms with E-state index in [1.165, 1.54) is 0 Å². The molecule has 6 nitrogen and oxygen atoms in total. The van der Waals surface area contributed by atoms with E-state index in [9.17, 15) is 10.1 Å². The van der Waals surface area contributed by atoms with Crippen LogP contribution in [0.1, 0.15) is 31.4 Å². The van der Waals surface area contributed by atoms with Gasteiger partial charge in [0, 0.05) is 12.0 Å². The Bertz CT molecular complexity index is 1020. The number of hydrogen-bond donors (Lipinski definition) is 0. The molecule has 0 bridgehead atoms. The second-order valence-electron chi connectivity index (χ2n) is 6.55. The summed E-state index contributed by atoms with van der Waals surface area (Å²) < 4.78 is 16.1. The number of nitrogens with zero attached hydrogens (tertiary/aromatic N) is 2. The van der Waals surface area contributed by atoms with Gasteiger partial charge in [-0.3, -0.25) is 0 Å². The number of carbonyl (C=O) groups excluding carboxylic acids is 1. The van der Waals surface area contributed by atoms with Crippen molar-refractivity contribution in [2.75, 3.05) is 19.8 Å². The predicted molar refractivity (Wildman–Crippen MR) is 119 cm³/mol. The minimum Gasteiger partial charge on any atom is -0.494 e. The molecule has 0 saturated heterocycles. The molecule has 158 valence electrons. The van der Waals surface area contributed by atoms with Crippen molar-refractivity contribution in [3.05, 3.63) is 83.2 Å². The van der Waals surface area contributed by atoms with Crippen molar-refractivity contribution in [1.82, 2.24) is 0 Å². The van der Waals surface area contributed by atoms with Crippen LogP contribution in [0.2, 0.25) is 0 Å². The first-order chi connectivity index (χ1) is 15.0. The molecule has 0 aromatic heterocycles. The second-order valence-corrected chi connectivity index (χ2v) is 6.55. The van der Waals surface area contributed by atoms with Crippen LogP contribution >= 0.6 is 0 Å². The van der Waals surface area contributed by atoms with Gasteiger partial charge in [0.2, 0.25) is 5.70 Å². The van der Waals surface area contributed by atoms with Gasteiger partial charge in [-0.05, 0) is 49.2 Å². The average Bonchev–Trinajstić information content (AvgIpc) is 2.78. The zero-order valence-corrected chi connectivity index (χ0v) is 17.7. The van der Waals surface area contributed by atoms with Crippen LogP contribution in [-0.2, 0) is 9.53 Å². The average molecular weight is 416 g/mol. The zero-order chi connectivity index (χ0) is 22.6. The van der Waals surface area contributed by atoms with Gasteiger partial charge in [0.1, 0.15) is 11.5 Å². The summed E-state index contributed by atoms with van der Waals surface area (Å²) in [7, 11) is 0. The van der Waals surface area contributed by atoms with Gasteiger partial charge < -0.3 is 14.2 Å². The fourth-order valence-electron chi connectivity index (χ4n) is 2.65. The first-order valence-electron chi connectivity index (χ1n) is 9.81. The molecule has 2 aromatic rings. The van der Waals surface area contributed by atoms with Crippen LogP contribution in [0.15, 0.2) is 60.7 Å². The maximum atomic E-state index is 11.3. The maximum Gasteiger partial charge on any atom is 0.333 e. The zero-order valence-electron chi connectivity index (χ0n) is 17.7. The van der Waals surface area contributed by atoms with Crippen LogP contribution in [0.4, 0.5) is 0 Å². The van der Waals surface area contributed by atoms with E-state index in [4.69, 9.17) is 20.8 Å². The lowest BCUT2D eigenvalue weighted by molar-refractivity contribution is -0.139. The van der Waals surface area contributed by atoms with Gasteiger partial charge in [0.25, 0.3) is 0 Å². The van der Waals surface area contributed by atoms with E-state index in [0.717, 1.165) is 0 Å². The third-order valence-corrected chi connectivity index (χ3v) is 4.18. The van der Waals surface area contributed by atoms with Crippen LogP contribution in [0.25, 0.3) is 16.1 Å².